The molecule has 0 aromatic heterocycles. The number of benzene rings is 2. The van der Waals surface area contributed by atoms with Gasteiger partial charge in [0.05, 0.1) is 17.1 Å². The maximum Gasteiger partial charge on any atom is 0.279 e. The minimum atomic E-state index is -0.120. The number of quaternary nitrogens is 1. The van der Waals surface area contributed by atoms with Crippen molar-refractivity contribution in [1.29, 1.82) is 0 Å². The second-order valence-corrected chi connectivity index (χ2v) is 7.48. The van der Waals surface area contributed by atoms with E-state index in [-0.39, 0.29) is 18.4 Å². The number of hydrogen-bond donors (Lipinski definition) is 2. The first-order valence-corrected chi connectivity index (χ1v) is 10.0. The second kappa shape index (κ2) is 10.5. The van der Waals surface area contributed by atoms with Crippen molar-refractivity contribution < 1.29 is 14.5 Å². The zero-order valence-electron chi connectivity index (χ0n) is 16.4. The molecule has 1 unspecified atom stereocenters. The van der Waals surface area contributed by atoms with Crippen LogP contribution in [0.15, 0.2) is 42.5 Å². The van der Waals surface area contributed by atoms with E-state index >= 15 is 0 Å². The van der Waals surface area contributed by atoms with Crippen LogP contribution < -0.4 is 10.2 Å². The quantitative estimate of drug-likeness (QED) is 0.686. The van der Waals surface area contributed by atoms with E-state index in [4.69, 9.17) is 23.2 Å². The number of anilines is 1. The number of hydrogen-bond acceptors (Lipinski definition) is 2. The first kappa shape index (κ1) is 22.2. The van der Waals surface area contributed by atoms with E-state index in [0.717, 1.165) is 10.5 Å². The van der Waals surface area contributed by atoms with Gasteiger partial charge >= 0.3 is 0 Å². The highest BCUT2D eigenvalue weighted by Gasteiger charge is 2.15. The summed E-state index contributed by atoms with van der Waals surface area (Å²) in [4.78, 5) is 27.6. The number of amides is 2. The molecule has 0 aliphatic heterocycles. The number of nitrogens with one attached hydrogen (secondary N) is 2. The van der Waals surface area contributed by atoms with Crippen LogP contribution in [0.1, 0.15) is 29.8 Å². The molecule has 0 bridgehead atoms. The predicted molar refractivity (Wildman–Crippen MR) is 114 cm³/mol. The van der Waals surface area contributed by atoms with Crippen LogP contribution in [0, 0.1) is 0 Å². The summed E-state index contributed by atoms with van der Waals surface area (Å²) in [7, 11) is 1.93. The average molecular weight is 423 g/mol. The molecule has 0 saturated carbocycles. The first-order chi connectivity index (χ1) is 13.3. The van der Waals surface area contributed by atoms with Gasteiger partial charge in [-0.15, -0.1) is 0 Å². The van der Waals surface area contributed by atoms with Crippen molar-refractivity contribution in [2.75, 3.05) is 32.0 Å². The number of carbonyl (C=O) groups excluding carboxylic acids is 2. The van der Waals surface area contributed by atoms with E-state index < -0.39 is 0 Å². The Hall–Kier alpha value is -2.08. The number of halogens is 2. The Balaban J connectivity index is 1.96. The Morgan fingerprint density at radius 3 is 2.39 bits per heavy atom. The van der Waals surface area contributed by atoms with E-state index in [1.54, 1.807) is 35.2 Å². The molecule has 0 heterocycles. The van der Waals surface area contributed by atoms with Crippen molar-refractivity contribution in [3.8, 4) is 0 Å². The molecule has 1 atom stereocenters. The Kier molecular flexibility index (Phi) is 8.30. The zero-order valence-corrected chi connectivity index (χ0v) is 17.9. The third-order valence-electron chi connectivity index (χ3n) is 4.40. The summed E-state index contributed by atoms with van der Waals surface area (Å²) >= 11 is 12.0. The maximum atomic E-state index is 12.5. The summed E-state index contributed by atoms with van der Waals surface area (Å²) in [6.07, 6.45) is 0. The molecule has 5 nitrogen and oxygen atoms in total. The summed E-state index contributed by atoms with van der Waals surface area (Å²) < 4.78 is 0. The lowest BCUT2D eigenvalue weighted by atomic mass is 10.1. The van der Waals surface area contributed by atoms with Crippen LogP contribution in [-0.4, -0.2) is 43.4 Å². The lowest BCUT2D eigenvalue weighted by Gasteiger charge is -2.19. The van der Waals surface area contributed by atoms with Crippen molar-refractivity contribution in [1.82, 2.24) is 4.90 Å². The van der Waals surface area contributed by atoms with E-state index in [9.17, 15) is 9.59 Å². The van der Waals surface area contributed by atoms with E-state index in [2.05, 4.69) is 5.32 Å². The van der Waals surface area contributed by atoms with Crippen LogP contribution in [0.5, 0.6) is 0 Å². The minimum absolute atomic E-state index is 0.0385. The zero-order chi connectivity index (χ0) is 20.7. The monoisotopic (exact) mass is 422 g/mol. The molecule has 0 spiro atoms. The molecule has 28 heavy (non-hydrogen) atoms. The molecule has 7 heteroatoms. The largest absolute Gasteiger partial charge is 0.339 e. The van der Waals surface area contributed by atoms with Gasteiger partial charge < -0.3 is 15.1 Å². The number of carbonyl (C=O) groups is 2. The predicted octanol–water partition coefficient (Wildman–Crippen LogP) is 3.13. The van der Waals surface area contributed by atoms with Gasteiger partial charge in [-0.05, 0) is 44.2 Å². The summed E-state index contributed by atoms with van der Waals surface area (Å²) in [5, 5.41) is 3.89. The SMILES string of the molecule is CCN(CC)C(=O)c1cccc(NC(=O)C[NH+](C)Cc2ccc(Cl)c(Cl)c2)c1. The number of likely N-dealkylation sites (N-methyl/N-ethyl adjacent to an activating group) is 1. The van der Waals surface area contributed by atoms with Gasteiger partial charge in [0.15, 0.2) is 6.54 Å². The van der Waals surface area contributed by atoms with Gasteiger partial charge in [-0.2, -0.15) is 0 Å². The standard InChI is InChI=1S/C21H25Cl2N3O2/c1-4-26(5-2)21(28)16-7-6-8-17(12-16)24-20(27)14-25(3)13-15-9-10-18(22)19(23)11-15/h6-12H,4-5,13-14H2,1-3H3,(H,24,27)/p+1. The summed E-state index contributed by atoms with van der Waals surface area (Å²) in [5.74, 6) is -0.159. The van der Waals surface area contributed by atoms with Crippen molar-refractivity contribution >= 4 is 40.7 Å². The van der Waals surface area contributed by atoms with Gasteiger partial charge in [0.25, 0.3) is 11.8 Å². The molecule has 2 rings (SSSR count). The fourth-order valence-corrected chi connectivity index (χ4v) is 3.28. The van der Waals surface area contributed by atoms with E-state index in [1.807, 2.05) is 33.0 Å². The average Bonchev–Trinajstić information content (AvgIpc) is 2.65. The summed E-state index contributed by atoms with van der Waals surface area (Å²) in [6, 6.07) is 12.5. The number of rotatable bonds is 8. The summed E-state index contributed by atoms with van der Waals surface area (Å²) in [5.41, 5.74) is 2.19. The van der Waals surface area contributed by atoms with Crippen LogP contribution in [0.25, 0.3) is 0 Å². The minimum Gasteiger partial charge on any atom is -0.339 e. The molecule has 0 saturated heterocycles. The van der Waals surface area contributed by atoms with Gasteiger partial charge in [0.1, 0.15) is 6.54 Å². The molecule has 2 aromatic carbocycles. The van der Waals surface area contributed by atoms with Crippen molar-refractivity contribution in [2.24, 2.45) is 0 Å². The van der Waals surface area contributed by atoms with E-state index in [0.29, 0.717) is 40.9 Å². The van der Waals surface area contributed by atoms with Gasteiger partial charge in [-0.1, -0.05) is 35.3 Å². The highest BCUT2D eigenvalue weighted by molar-refractivity contribution is 6.42. The summed E-state index contributed by atoms with van der Waals surface area (Å²) in [6.45, 7) is 6.11. The van der Waals surface area contributed by atoms with Crippen molar-refractivity contribution in [2.45, 2.75) is 20.4 Å². The van der Waals surface area contributed by atoms with Crippen molar-refractivity contribution in [3.05, 3.63) is 63.6 Å². The Labute approximate surface area is 176 Å². The highest BCUT2D eigenvalue weighted by Crippen LogP contribution is 2.22. The Bertz CT molecular complexity index is 838. The van der Waals surface area contributed by atoms with Gasteiger partial charge in [-0.25, -0.2) is 0 Å². The Morgan fingerprint density at radius 1 is 1.04 bits per heavy atom. The van der Waals surface area contributed by atoms with E-state index in [1.165, 1.54) is 0 Å². The molecule has 2 amide bonds. The van der Waals surface area contributed by atoms with Crippen LogP contribution in [-0.2, 0) is 11.3 Å². The maximum absolute atomic E-state index is 12.5. The normalized spacial score (nSPS) is 11.8. The van der Waals surface area contributed by atoms with Gasteiger partial charge in [0.2, 0.25) is 0 Å². The lowest BCUT2D eigenvalue weighted by Crippen LogP contribution is -3.08. The molecule has 2 aromatic rings. The highest BCUT2D eigenvalue weighted by atomic mass is 35.5. The van der Waals surface area contributed by atoms with Crippen molar-refractivity contribution in [3.63, 3.8) is 0 Å². The fourth-order valence-electron chi connectivity index (χ4n) is 2.96. The molecule has 2 N–H and O–H groups in total. The molecule has 150 valence electrons. The molecule has 0 aliphatic rings. The first-order valence-electron chi connectivity index (χ1n) is 9.28. The molecular weight excluding hydrogens is 397 g/mol. The van der Waals surface area contributed by atoms with Crippen LogP contribution >= 0.6 is 23.2 Å². The lowest BCUT2D eigenvalue weighted by molar-refractivity contribution is -0.885. The fraction of sp³-hybridized carbons (Fsp3) is 0.333. The third-order valence-corrected chi connectivity index (χ3v) is 5.14. The van der Waals surface area contributed by atoms with Gasteiger partial charge in [0, 0.05) is 29.9 Å². The molecule has 0 radical (unpaired) electrons. The second-order valence-electron chi connectivity index (χ2n) is 6.67. The van der Waals surface area contributed by atoms with Crippen LogP contribution in [0.3, 0.4) is 0 Å². The molecular formula is C21H26Cl2N3O2+. The van der Waals surface area contributed by atoms with Gasteiger partial charge in [-0.3, -0.25) is 9.59 Å². The smallest absolute Gasteiger partial charge is 0.279 e. The molecule has 0 fully saturated rings. The third kappa shape index (κ3) is 6.23. The van der Waals surface area contributed by atoms with Crippen LogP contribution in [0.4, 0.5) is 5.69 Å². The Morgan fingerprint density at radius 2 is 1.75 bits per heavy atom. The number of nitrogens with zero attached hydrogens (tertiary/aromatic N) is 1. The topological polar surface area (TPSA) is 53.9 Å². The van der Waals surface area contributed by atoms with Crippen LogP contribution in [0.2, 0.25) is 10.0 Å². The molecule has 0 aliphatic carbocycles.